The van der Waals surface area contributed by atoms with E-state index in [0.29, 0.717) is 15.4 Å². The second-order valence-electron chi connectivity index (χ2n) is 7.42. The summed E-state index contributed by atoms with van der Waals surface area (Å²) in [5.41, 5.74) is 3.37. The normalized spacial score (nSPS) is 11.2. The molecular weight excluding hydrogens is 445 g/mol. The highest BCUT2D eigenvalue weighted by Gasteiger charge is 2.22. The zero-order chi connectivity index (χ0) is 22.4. The van der Waals surface area contributed by atoms with Crippen molar-refractivity contribution in [2.45, 2.75) is 6.92 Å². The van der Waals surface area contributed by atoms with Gasteiger partial charge in [-0.2, -0.15) is 0 Å². The van der Waals surface area contributed by atoms with Crippen LogP contribution in [0.15, 0.2) is 66.0 Å². The lowest BCUT2D eigenvalue weighted by atomic mass is 9.97. The van der Waals surface area contributed by atoms with Gasteiger partial charge in [0.25, 0.3) is 0 Å². The summed E-state index contributed by atoms with van der Waals surface area (Å²) in [6.45, 7) is 1.75. The van der Waals surface area contributed by atoms with Crippen LogP contribution in [0.4, 0.5) is 4.39 Å². The average molecular weight is 462 g/mol. The summed E-state index contributed by atoms with van der Waals surface area (Å²) in [4.78, 5) is 18.0. The molecule has 4 nitrogen and oxygen atoms in total. The van der Waals surface area contributed by atoms with E-state index < -0.39 is 5.82 Å². The summed E-state index contributed by atoms with van der Waals surface area (Å²) in [6.07, 6.45) is 0. The fraction of sp³-hybridized carbons (Fsp3) is 0.0400. The van der Waals surface area contributed by atoms with E-state index in [-0.39, 0.29) is 23.0 Å². The minimum atomic E-state index is -0.454. The van der Waals surface area contributed by atoms with Crippen molar-refractivity contribution in [1.82, 2.24) is 4.98 Å². The quantitative estimate of drug-likeness (QED) is 0.289. The lowest BCUT2D eigenvalue weighted by molar-refractivity contribution is 0.104. The Kier molecular flexibility index (Phi) is 5.00. The molecule has 0 saturated heterocycles. The molecule has 0 aliphatic heterocycles. The summed E-state index contributed by atoms with van der Waals surface area (Å²) in [5.74, 6) is -0.622. The number of aromatic hydroxyl groups is 2. The van der Waals surface area contributed by atoms with Crippen molar-refractivity contribution in [2.24, 2.45) is 0 Å². The van der Waals surface area contributed by atoms with Gasteiger partial charge in [0, 0.05) is 26.8 Å². The number of thiazole rings is 1. The Hall–Kier alpha value is -3.55. The summed E-state index contributed by atoms with van der Waals surface area (Å²) in [7, 11) is 0. The van der Waals surface area contributed by atoms with Crippen LogP contribution >= 0.6 is 22.7 Å². The molecule has 2 heterocycles. The molecule has 158 valence electrons. The number of hydrogen-bond donors (Lipinski definition) is 2. The number of benzene rings is 3. The Morgan fingerprint density at radius 2 is 1.72 bits per heavy atom. The maximum atomic E-state index is 14.0. The third-order valence-corrected chi connectivity index (χ3v) is 7.13. The first kappa shape index (κ1) is 20.4. The lowest BCUT2D eigenvalue weighted by Crippen LogP contribution is -2.02. The molecule has 32 heavy (non-hydrogen) atoms. The van der Waals surface area contributed by atoms with Crippen molar-refractivity contribution in [1.29, 1.82) is 0 Å². The van der Waals surface area contributed by atoms with Crippen LogP contribution in [0.5, 0.6) is 11.6 Å². The molecule has 0 amide bonds. The predicted octanol–water partition coefficient (Wildman–Crippen LogP) is 6.78. The van der Waals surface area contributed by atoms with E-state index in [9.17, 15) is 19.4 Å². The number of aromatic nitrogens is 1. The van der Waals surface area contributed by atoms with Gasteiger partial charge in [-0.3, -0.25) is 4.79 Å². The summed E-state index contributed by atoms with van der Waals surface area (Å²) < 4.78 is 14.8. The highest BCUT2D eigenvalue weighted by atomic mass is 32.1. The zero-order valence-corrected chi connectivity index (χ0v) is 18.4. The number of rotatable bonds is 4. The minimum Gasteiger partial charge on any atom is -0.508 e. The number of aryl methyl sites for hydroxylation is 1. The van der Waals surface area contributed by atoms with Crippen molar-refractivity contribution in [3.63, 3.8) is 0 Å². The van der Waals surface area contributed by atoms with Crippen LogP contribution in [-0.2, 0) is 0 Å². The van der Waals surface area contributed by atoms with Gasteiger partial charge < -0.3 is 10.2 Å². The molecule has 2 N–H and O–H groups in total. The molecule has 0 unspecified atom stereocenters. The highest BCUT2D eigenvalue weighted by molar-refractivity contribution is 7.21. The second kappa shape index (κ2) is 7.85. The first-order valence-electron chi connectivity index (χ1n) is 9.72. The topological polar surface area (TPSA) is 70.4 Å². The first-order valence-corrected chi connectivity index (χ1v) is 11.4. The van der Waals surface area contributed by atoms with E-state index in [0.717, 1.165) is 26.8 Å². The van der Waals surface area contributed by atoms with Gasteiger partial charge in [0.05, 0.1) is 10.3 Å². The number of carbonyl (C=O) groups is 1. The number of phenols is 1. The molecule has 0 atom stereocenters. The monoisotopic (exact) mass is 461 g/mol. The van der Waals surface area contributed by atoms with Gasteiger partial charge in [-0.15, -0.1) is 22.7 Å². The third kappa shape index (κ3) is 3.66. The van der Waals surface area contributed by atoms with Gasteiger partial charge in [-0.25, -0.2) is 9.37 Å². The summed E-state index contributed by atoms with van der Waals surface area (Å²) in [5, 5.41) is 22.6. The van der Waals surface area contributed by atoms with Crippen LogP contribution in [0.25, 0.3) is 31.8 Å². The Labute approximate surface area is 190 Å². The second-order valence-corrected chi connectivity index (χ2v) is 9.33. The Bertz CT molecular complexity index is 1470. The zero-order valence-electron chi connectivity index (χ0n) is 16.8. The number of phenolic OH excluding ortho intramolecular Hbond substituents is 1. The van der Waals surface area contributed by atoms with Gasteiger partial charge in [-0.1, -0.05) is 24.3 Å². The van der Waals surface area contributed by atoms with Crippen molar-refractivity contribution in [3.8, 4) is 33.3 Å². The van der Waals surface area contributed by atoms with Crippen LogP contribution in [0.3, 0.4) is 0 Å². The van der Waals surface area contributed by atoms with Crippen molar-refractivity contribution in [2.75, 3.05) is 0 Å². The molecule has 3 aromatic carbocycles. The average Bonchev–Trinajstić information content (AvgIpc) is 3.36. The molecule has 0 radical (unpaired) electrons. The van der Waals surface area contributed by atoms with Crippen LogP contribution in [0.1, 0.15) is 20.8 Å². The number of fused-ring (bicyclic) bond motifs is 1. The Morgan fingerprint density at radius 1 is 0.969 bits per heavy atom. The third-order valence-electron chi connectivity index (χ3n) is 5.10. The fourth-order valence-electron chi connectivity index (χ4n) is 3.71. The molecule has 0 fully saturated rings. The van der Waals surface area contributed by atoms with Crippen molar-refractivity contribution >= 4 is 38.5 Å². The summed E-state index contributed by atoms with van der Waals surface area (Å²) in [6, 6.07) is 16.9. The Morgan fingerprint density at radius 3 is 2.41 bits per heavy atom. The van der Waals surface area contributed by atoms with Crippen LogP contribution < -0.4 is 0 Å². The van der Waals surface area contributed by atoms with Crippen molar-refractivity contribution < 1.29 is 19.4 Å². The van der Waals surface area contributed by atoms with E-state index in [4.69, 9.17) is 0 Å². The van der Waals surface area contributed by atoms with Crippen LogP contribution in [-0.4, -0.2) is 21.0 Å². The number of nitrogens with zero attached hydrogens (tertiary/aromatic N) is 1. The standard InChI is InChI=1S/C25H16FNO3S2/c1-13-8-16(10-17(26)9-13)23(30)24-22(19-7-6-18(28)11-20(19)32-24)14-2-4-15(5-3-14)25-27-21(29)12-31-25/h2-12,28-29H,1H3. The van der Waals surface area contributed by atoms with Gasteiger partial charge >= 0.3 is 0 Å². The number of carbonyl (C=O) groups excluding carboxylic acids is 1. The van der Waals surface area contributed by atoms with Gasteiger partial charge in [0.1, 0.15) is 16.6 Å². The SMILES string of the molecule is Cc1cc(F)cc(C(=O)c2sc3cc(O)ccc3c2-c2ccc(-c3nc(O)cs3)cc2)c1. The maximum absolute atomic E-state index is 14.0. The molecule has 0 spiro atoms. The fourth-order valence-corrected chi connectivity index (χ4v) is 5.62. The molecule has 7 heteroatoms. The van der Waals surface area contributed by atoms with E-state index in [1.54, 1.807) is 36.6 Å². The van der Waals surface area contributed by atoms with Crippen LogP contribution in [0.2, 0.25) is 0 Å². The number of thiophene rings is 1. The molecule has 5 aromatic rings. The number of hydrogen-bond acceptors (Lipinski definition) is 6. The first-order chi connectivity index (χ1) is 15.4. The van der Waals surface area contributed by atoms with Gasteiger partial charge in [0.2, 0.25) is 11.7 Å². The van der Waals surface area contributed by atoms with Gasteiger partial charge in [-0.05, 0) is 54.4 Å². The number of ketones is 1. The van der Waals surface area contributed by atoms with E-state index >= 15 is 0 Å². The van der Waals surface area contributed by atoms with E-state index in [1.165, 1.54) is 34.8 Å². The maximum Gasteiger partial charge on any atom is 0.222 e. The smallest absolute Gasteiger partial charge is 0.222 e. The van der Waals surface area contributed by atoms with E-state index in [1.807, 2.05) is 24.3 Å². The molecule has 0 bridgehead atoms. The molecule has 0 aliphatic carbocycles. The number of halogens is 1. The largest absolute Gasteiger partial charge is 0.508 e. The van der Waals surface area contributed by atoms with E-state index in [2.05, 4.69) is 4.98 Å². The Balaban J connectivity index is 1.67. The lowest BCUT2D eigenvalue weighted by Gasteiger charge is -2.07. The molecule has 5 rings (SSSR count). The van der Waals surface area contributed by atoms with Crippen molar-refractivity contribution in [3.05, 3.63) is 87.9 Å². The molecule has 0 aliphatic rings. The summed E-state index contributed by atoms with van der Waals surface area (Å²) >= 11 is 2.62. The predicted molar refractivity (Wildman–Crippen MR) is 126 cm³/mol. The van der Waals surface area contributed by atoms with Crippen LogP contribution in [0, 0.1) is 12.7 Å². The minimum absolute atomic E-state index is 0.0176. The molecule has 2 aromatic heterocycles. The van der Waals surface area contributed by atoms with Gasteiger partial charge in [0.15, 0.2) is 0 Å². The highest BCUT2D eigenvalue weighted by Crippen LogP contribution is 2.42. The molecular formula is C25H16FNO3S2. The molecule has 0 saturated carbocycles.